The predicted octanol–water partition coefficient (Wildman–Crippen LogP) is 5.24. The van der Waals surface area contributed by atoms with Gasteiger partial charge in [0.15, 0.2) is 0 Å². The molecule has 3 aliphatic rings. The third kappa shape index (κ3) is 6.20. The van der Waals surface area contributed by atoms with Gasteiger partial charge in [0.2, 0.25) is 0 Å². The molecule has 0 radical (unpaired) electrons. The molecular formula is C35H46N4O3. The van der Waals surface area contributed by atoms with Crippen LogP contribution in [-0.2, 0) is 29.1 Å². The van der Waals surface area contributed by atoms with Crippen LogP contribution >= 0.6 is 0 Å². The number of aromatic nitrogens is 1. The molecule has 3 fully saturated rings. The summed E-state index contributed by atoms with van der Waals surface area (Å²) in [5.41, 5.74) is 10.4. The number of hydrogen-bond donors (Lipinski definition) is 2. The second kappa shape index (κ2) is 12.7. The number of morpholine rings is 1. The van der Waals surface area contributed by atoms with Gasteiger partial charge in [-0.15, -0.1) is 0 Å². The van der Waals surface area contributed by atoms with Gasteiger partial charge < -0.3 is 24.7 Å². The Hall–Kier alpha value is -2.97. The smallest absolute Gasteiger partial charge is 0.252 e. The number of fused-ring (bicyclic) bond motifs is 2. The third-order valence-electron chi connectivity index (χ3n) is 9.57. The Kier molecular flexibility index (Phi) is 8.82. The van der Waals surface area contributed by atoms with Gasteiger partial charge >= 0.3 is 0 Å². The van der Waals surface area contributed by atoms with Crippen LogP contribution in [0, 0.1) is 20.8 Å². The second-order valence-corrected chi connectivity index (χ2v) is 12.4. The van der Waals surface area contributed by atoms with Crippen molar-refractivity contribution in [1.29, 1.82) is 0 Å². The van der Waals surface area contributed by atoms with Crippen LogP contribution in [0.2, 0.25) is 0 Å². The highest BCUT2D eigenvalue weighted by atomic mass is 16.5. The van der Waals surface area contributed by atoms with Crippen LogP contribution in [0.15, 0.2) is 47.3 Å². The number of rotatable bonds is 10. The Balaban J connectivity index is 1.26. The molecule has 42 heavy (non-hydrogen) atoms. The van der Waals surface area contributed by atoms with Gasteiger partial charge in [-0.05, 0) is 98.5 Å². The van der Waals surface area contributed by atoms with E-state index in [1.54, 1.807) is 0 Å². The van der Waals surface area contributed by atoms with Crippen LogP contribution < -0.4 is 15.8 Å². The van der Waals surface area contributed by atoms with Gasteiger partial charge in [-0.1, -0.05) is 24.3 Å². The first-order valence-electron chi connectivity index (χ1n) is 15.7. The summed E-state index contributed by atoms with van der Waals surface area (Å²) in [4.78, 5) is 20.7. The highest BCUT2D eigenvalue weighted by Crippen LogP contribution is 2.35. The Morgan fingerprint density at radius 2 is 1.81 bits per heavy atom. The van der Waals surface area contributed by atoms with Crippen molar-refractivity contribution in [2.75, 3.05) is 37.8 Å². The second-order valence-electron chi connectivity index (χ2n) is 12.4. The molecule has 4 heterocycles. The number of hydrogen-bond acceptors (Lipinski definition) is 6. The Bertz CT molecular complexity index is 1440. The summed E-state index contributed by atoms with van der Waals surface area (Å²) in [5, 5.41) is 3.59. The van der Waals surface area contributed by atoms with E-state index in [0.29, 0.717) is 31.3 Å². The van der Waals surface area contributed by atoms with Gasteiger partial charge in [0.25, 0.3) is 5.56 Å². The molecule has 2 N–H and O–H groups in total. The van der Waals surface area contributed by atoms with Crippen molar-refractivity contribution in [3.63, 3.8) is 0 Å². The lowest BCUT2D eigenvalue weighted by molar-refractivity contribution is 0.0273. The fraction of sp³-hybridized carbons (Fsp3) is 0.514. The molecule has 7 heteroatoms. The van der Waals surface area contributed by atoms with E-state index in [0.717, 1.165) is 69.1 Å². The van der Waals surface area contributed by atoms with Crippen LogP contribution in [-0.4, -0.2) is 61.0 Å². The van der Waals surface area contributed by atoms with Crippen LogP contribution in [0.4, 0.5) is 5.69 Å². The summed E-state index contributed by atoms with van der Waals surface area (Å²) in [7, 11) is 0. The van der Waals surface area contributed by atoms with E-state index < -0.39 is 0 Å². The van der Waals surface area contributed by atoms with Gasteiger partial charge in [-0.25, -0.2) is 0 Å². The highest BCUT2D eigenvalue weighted by molar-refractivity contribution is 5.73. The Morgan fingerprint density at radius 1 is 1.02 bits per heavy atom. The Morgan fingerprint density at radius 3 is 2.48 bits per heavy atom. The quantitative estimate of drug-likeness (QED) is 0.348. The lowest BCUT2D eigenvalue weighted by Gasteiger charge is -2.37. The SMILES string of the molecule is CCN(c1cc(-c2ccc(CN3C[C@H]4CC3CO4)cc2)cc(CNCc2c(C)cc(C)[nH]c2=O)c1C)C1CCOCC1. The zero-order valence-electron chi connectivity index (χ0n) is 25.7. The maximum atomic E-state index is 12.6. The molecule has 224 valence electrons. The first kappa shape index (κ1) is 29.1. The molecule has 0 aliphatic carbocycles. The molecular weight excluding hydrogens is 524 g/mol. The van der Waals surface area contributed by atoms with Crippen LogP contribution in [0.3, 0.4) is 0 Å². The highest BCUT2D eigenvalue weighted by Gasteiger charge is 2.38. The number of likely N-dealkylation sites (tertiary alicyclic amines) is 1. The average molecular weight is 571 g/mol. The Labute approximate surface area is 250 Å². The van der Waals surface area contributed by atoms with Crippen molar-refractivity contribution in [2.24, 2.45) is 0 Å². The van der Waals surface area contributed by atoms with Gasteiger partial charge in [0.05, 0.1) is 12.7 Å². The lowest BCUT2D eigenvalue weighted by atomic mass is 9.95. The number of H-pyrrole nitrogens is 1. The van der Waals surface area contributed by atoms with Crippen LogP contribution in [0.25, 0.3) is 11.1 Å². The van der Waals surface area contributed by atoms with E-state index in [1.807, 2.05) is 19.9 Å². The minimum Gasteiger partial charge on any atom is -0.381 e. The maximum Gasteiger partial charge on any atom is 0.252 e. The van der Waals surface area contributed by atoms with Crippen molar-refractivity contribution >= 4 is 5.69 Å². The summed E-state index contributed by atoms with van der Waals surface area (Å²) in [6, 6.07) is 17.0. The number of anilines is 1. The first-order chi connectivity index (χ1) is 20.4. The summed E-state index contributed by atoms with van der Waals surface area (Å²) >= 11 is 0. The van der Waals surface area contributed by atoms with Crippen molar-refractivity contribution in [3.8, 4) is 11.1 Å². The monoisotopic (exact) mass is 570 g/mol. The van der Waals surface area contributed by atoms with Crippen molar-refractivity contribution in [2.45, 2.75) is 84.8 Å². The number of ether oxygens (including phenoxy) is 2. The van der Waals surface area contributed by atoms with Gasteiger partial charge in [0.1, 0.15) is 0 Å². The summed E-state index contributed by atoms with van der Waals surface area (Å²) in [6.45, 7) is 15.2. The standard InChI is InChI=1S/C35H46N4O3/c1-5-39(30-10-12-41-13-11-30)34-16-28(27-8-6-26(7-9-27)20-38-21-32-17-31(38)22-42-32)15-29(25(34)4)18-36-19-33-23(2)14-24(3)37-35(33)40/h6-9,14-16,30-32,36H,5,10-13,17-22H2,1-4H3,(H,37,40)/t31?,32-/m1/s1. The lowest BCUT2D eigenvalue weighted by Crippen LogP contribution is -2.40. The molecule has 3 saturated heterocycles. The van der Waals surface area contributed by atoms with Gasteiger partial charge in [-0.2, -0.15) is 0 Å². The number of pyridine rings is 1. The van der Waals surface area contributed by atoms with E-state index in [9.17, 15) is 4.79 Å². The minimum atomic E-state index is -0.00258. The summed E-state index contributed by atoms with van der Waals surface area (Å²) < 4.78 is 11.5. The third-order valence-corrected chi connectivity index (χ3v) is 9.57. The van der Waals surface area contributed by atoms with Crippen molar-refractivity contribution in [1.82, 2.24) is 15.2 Å². The van der Waals surface area contributed by atoms with Crippen molar-refractivity contribution in [3.05, 3.63) is 86.3 Å². The number of benzene rings is 2. The van der Waals surface area contributed by atoms with Gasteiger partial charge in [-0.3, -0.25) is 9.69 Å². The largest absolute Gasteiger partial charge is 0.381 e. The molecule has 1 unspecified atom stereocenters. The topological polar surface area (TPSA) is 69.8 Å². The van der Waals surface area contributed by atoms with Crippen molar-refractivity contribution < 1.29 is 9.47 Å². The van der Waals surface area contributed by atoms with E-state index in [-0.39, 0.29) is 5.56 Å². The number of nitrogens with zero attached hydrogens (tertiary/aromatic N) is 2. The van der Waals surface area contributed by atoms with E-state index >= 15 is 0 Å². The normalized spacial score (nSPS) is 20.9. The number of nitrogens with one attached hydrogen (secondary N) is 2. The molecule has 2 bridgehead atoms. The van der Waals surface area contributed by atoms with E-state index in [4.69, 9.17) is 9.47 Å². The molecule has 0 amide bonds. The molecule has 3 aromatic rings. The summed E-state index contributed by atoms with van der Waals surface area (Å²) in [5.74, 6) is 0. The number of aryl methyl sites for hydroxylation is 2. The molecule has 3 aliphatic heterocycles. The molecule has 1 aromatic heterocycles. The maximum absolute atomic E-state index is 12.6. The number of aromatic amines is 1. The molecule has 7 nitrogen and oxygen atoms in total. The molecule has 2 aromatic carbocycles. The zero-order chi connectivity index (χ0) is 29.2. The fourth-order valence-electron chi connectivity index (χ4n) is 7.16. The van der Waals surface area contributed by atoms with E-state index in [2.05, 4.69) is 70.3 Å². The fourth-order valence-corrected chi connectivity index (χ4v) is 7.16. The molecule has 6 rings (SSSR count). The molecule has 2 atom stereocenters. The summed E-state index contributed by atoms with van der Waals surface area (Å²) in [6.07, 6.45) is 3.72. The average Bonchev–Trinajstić information content (AvgIpc) is 3.61. The molecule has 0 spiro atoms. The molecule has 0 saturated carbocycles. The zero-order valence-corrected chi connectivity index (χ0v) is 25.7. The minimum absolute atomic E-state index is 0.00258. The van der Waals surface area contributed by atoms with Crippen LogP contribution in [0.1, 0.15) is 59.7 Å². The van der Waals surface area contributed by atoms with Crippen LogP contribution in [0.5, 0.6) is 0 Å². The van der Waals surface area contributed by atoms with E-state index in [1.165, 1.54) is 39.9 Å². The predicted molar refractivity (Wildman–Crippen MR) is 169 cm³/mol. The van der Waals surface area contributed by atoms with Gasteiger partial charge in [0, 0.05) is 75.0 Å². The first-order valence-corrected chi connectivity index (χ1v) is 15.7.